The fourth-order valence-corrected chi connectivity index (χ4v) is 3.25. The molecule has 5 nitrogen and oxygen atoms in total. The number of pyridine rings is 2. The molecule has 0 bridgehead atoms. The minimum absolute atomic E-state index is 0.0288. The van der Waals surface area contributed by atoms with E-state index in [1.54, 1.807) is 6.92 Å². The van der Waals surface area contributed by atoms with Crippen LogP contribution in [0.3, 0.4) is 0 Å². The van der Waals surface area contributed by atoms with E-state index in [0.29, 0.717) is 5.56 Å². The van der Waals surface area contributed by atoms with E-state index in [-0.39, 0.29) is 16.0 Å². The van der Waals surface area contributed by atoms with Gasteiger partial charge in [0.25, 0.3) is 10.0 Å². The highest BCUT2D eigenvalue weighted by atomic mass is 35.5. The van der Waals surface area contributed by atoms with Gasteiger partial charge in [-0.2, -0.15) is 8.42 Å². The highest BCUT2D eigenvalue weighted by Gasteiger charge is 2.23. The summed E-state index contributed by atoms with van der Waals surface area (Å²) in [6.45, 7) is 1.59. The van der Waals surface area contributed by atoms with Crippen LogP contribution in [-0.2, 0) is 10.0 Å². The summed E-state index contributed by atoms with van der Waals surface area (Å²) in [6, 6.07) is 3.71. The van der Waals surface area contributed by atoms with Gasteiger partial charge in [-0.05, 0) is 30.7 Å². The van der Waals surface area contributed by atoms with E-state index in [4.69, 9.17) is 23.2 Å². The molecule has 0 aliphatic carbocycles. The number of halogens is 3. The first-order chi connectivity index (χ1) is 9.31. The van der Waals surface area contributed by atoms with E-state index in [0.717, 1.165) is 6.07 Å². The van der Waals surface area contributed by atoms with Crippen molar-refractivity contribution in [3.63, 3.8) is 0 Å². The van der Waals surface area contributed by atoms with Gasteiger partial charge in [0.1, 0.15) is 5.15 Å². The second-order valence-electron chi connectivity index (χ2n) is 3.82. The molecule has 2 aromatic heterocycles. The third-order valence-corrected chi connectivity index (χ3v) is 4.11. The summed E-state index contributed by atoms with van der Waals surface area (Å²) in [5.41, 5.74) is 0.482. The topological polar surface area (TPSA) is 72.0 Å². The van der Waals surface area contributed by atoms with Crippen LogP contribution in [-0.4, -0.2) is 18.4 Å². The Bertz CT molecular complexity index is 745. The van der Waals surface area contributed by atoms with E-state index in [9.17, 15) is 12.8 Å². The average Bonchev–Trinajstić information content (AvgIpc) is 2.34. The monoisotopic (exact) mass is 335 g/mol. The molecule has 0 fully saturated rings. The smallest absolute Gasteiger partial charge is 0.275 e. The van der Waals surface area contributed by atoms with Crippen LogP contribution >= 0.6 is 23.2 Å². The number of rotatable bonds is 3. The van der Waals surface area contributed by atoms with Crippen LogP contribution in [0.15, 0.2) is 29.4 Å². The lowest BCUT2D eigenvalue weighted by Crippen LogP contribution is -2.17. The highest BCUT2D eigenvalue weighted by molar-refractivity contribution is 7.92. The fourth-order valence-electron chi connectivity index (χ4n) is 1.47. The largest absolute Gasteiger partial charge is 0.282 e. The van der Waals surface area contributed by atoms with E-state index >= 15 is 0 Å². The number of hydrogen-bond donors (Lipinski definition) is 1. The van der Waals surface area contributed by atoms with Gasteiger partial charge in [-0.1, -0.05) is 23.2 Å². The molecular weight excluding hydrogens is 328 g/mol. The minimum atomic E-state index is -4.21. The molecule has 106 valence electrons. The van der Waals surface area contributed by atoms with Crippen molar-refractivity contribution in [2.75, 3.05) is 4.72 Å². The predicted octanol–water partition coefficient (Wildman–Crippen LogP) is 3.03. The van der Waals surface area contributed by atoms with Crippen molar-refractivity contribution < 1.29 is 12.8 Å². The zero-order chi connectivity index (χ0) is 14.9. The first-order valence-electron chi connectivity index (χ1n) is 5.27. The van der Waals surface area contributed by atoms with Crippen LogP contribution in [0.2, 0.25) is 10.3 Å². The third-order valence-electron chi connectivity index (χ3n) is 2.36. The second kappa shape index (κ2) is 5.51. The van der Waals surface area contributed by atoms with Gasteiger partial charge in [-0.3, -0.25) is 4.72 Å². The number of sulfonamides is 1. The maximum Gasteiger partial charge on any atom is 0.282 e. The predicted molar refractivity (Wildman–Crippen MR) is 74.0 cm³/mol. The van der Waals surface area contributed by atoms with Crippen LogP contribution in [0.1, 0.15) is 5.56 Å². The van der Waals surface area contributed by atoms with Crippen molar-refractivity contribution in [2.45, 2.75) is 11.9 Å². The number of nitrogens with one attached hydrogen (secondary N) is 1. The summed E-state index contributed by atoms with van der Waals surface area (Å²) in [6.07, 6.45) is 1.17. The zero-order valence-electron chi connectivity index (χ0n) is 10.1. The summed E-state index contributed by atoms with van der Waals surface area (Å²) in [5, 5.41) is -0.722. The van der Waals surface area contributed by atoms with Crippen molar-refractivity contribution in [1.82, 2.24) is 9.97 Å². The van der Waals surface area contributed by atoms with E-state index < -0.39 is 20.9 Å². The van der Waals surface area contributed by atoms with Crippen molar-refractivity contribution >= 4 is 38.9 Å². The Morgan fingerprint density at radius 3 is 2.65 bits per heavy atom. The van der Waals surface area contributed by atoms with Crippen LogP contribution in [0.5, 0.6) is 0 Å². The molecule has 0 aromatic carbocycles. The average molecular weight is 336 g/mol. The van der Waals surface area contributed by atoms with Crippen LogP contribution < -0.4 is 4.72 Å². The summed E-state index contributed by atoms with van der Waals surface area (Å²) < 4.78 is 39.8. The number of nitrogens with zero attached hydrogens (tertiary/aromatic N) is 2. The molecule has 0 aliphatic rings. The van der Waals surface area contributed by atoms with Crippen molar-refractivity contribution in [2.24, 2.45) is 0 Å². The maximum atomic E-state index is 13.5. The Hall–Kier alpha value is -1.44. The standard InChI is InChI=1S/C11H8Cl2FN3O2S/c1-6-5-8(12)16-10(13)9(6)17-20(18,19)11-7(14)3-2-4-15-11/h2-5,17H,1H3. The molecule has 9 heteroatoms. The zero-order valence-corrected chi connectivity index (χ0v) is 12.4. The maximum absolute atomic E-state index is 13.5. The minimum Gasteiger partial charge on any atom is -0.275 e. The van der Waals surface area contributed by atoms with Crippen molar-refractivity contribution in [3.8, 4) is 0 Å². The van der Waals surface area contributed by atoms with Gasteiger partial charge in [0.15, 0.2) is 11.0 Å². The van der Waals surface area contributed by atoms with Crippen molar-refractivity contribution in [1.29, 1.82) is 0 Å². The lowest BCUT2D eigenvalue weighted by atomic mass is 10.3. The molecule has 0 atom stereocenters. The van der Waals surface area contributed by atoms with E-state index in [1.165, 1.54) is 18.3 Å². The SMILES string of the molecule is Cc1cc(Cl)nc(Cl)c1NS(=O)(=O)c1ncccc1F. The molecule has 0 saturated carbocycles. The quantitative estimate of drug-likeness (QED) is 0.875. The number of aromatic nitrogens is 2. The van der Waals surface area contributed by atoms with Gasteiger partial charge in [-0.25, -0.2) is 14.4 Å². The van der Waals surface area contributed by atoms with Crippen LogP contribution in [0.25, 0.3) is 0 Å². The first kappa shape index (κ1) is 15.0. The molecule has 2 heterocycles. The van der Waals surface area contributed by atoms with Gasteiger partial charge < -0.3 is 0 Å². The Labute approximate surface area is 124 Å². The summed E-state index contributed by atoms with van der Waals surface area (Å²) in [7, 11) is -4.21. The van der Waals surface area contributed by atoms with E-state index in [1.807, 2.05) is 0 Å². The highest BCUT2D eigenvalue weighted by Crippen LogP contribution is 2.28. The third kappa shape index (κ3) is 3.00. The molecular formula is C11H8Cl2FN3O2S. The Morgan fingerprint density at radius 1 is 1.35 bits per heavy atom. The lowest BCUT2D eigenvalue weighted by molar-refractivity contribution is 0.557. The fraction of sp³-hybridized carbons (Fsp3) is 0.0909. The molecule has 0 amide bonds. The number of aryl methyl sites for hydroxylation is 1. The Kier molecular flexibility index (Phi) is 4.12. The van der Waals surface area contributed by atoms with Crippen molar-refractivity contribution in [3.05, 3.63) is 46.1 Å². The molecule has 0 saturated heterocycles. The van der Waals surface area contributed by atoms with Gasteiger partial charge in [0, 0.05) is 6.20 Å². The van der Waals surface area contributed by atoms with Gasteiger partial charge >= 0.3 is 0 Å². The molecule has 0 aliphatic heterocycles. The first-order valence-corrected chi connectivity index (χ1v) is 7.51. The molecule has 0 unspecified atom stereocenters. The lowest BCUT2D eigenvalue weighted by Gasteiger charge is -2.11. The van der Waals surface area contributed by atoms with Crippen LogP contribution in [0, 0.1) is 12.7 Å². The summed E-state index contributed by atoms with van der Waals surface area (Å²) in [5.74, 6) is -0.962. The molecule has 0 radical (unpaired) electrons. The Balaban J connectivity index is 2.47. The normalized spacial score (nSPS) is 11.4. The summed E-state index contributed by atoms with van der Waals surface area (Å²) >= 11 is 11.5. The second-order valence-corrected chi connectivity index (χ2v) is 6.17. The number of hydrogen-bond acceptors (Lipinski definition) is 4. The molecule has 20 heavy (non-hydrogen) atoms. The molecule has 1 N–H and O–H groups in total. The molecule has 2 rings (SSSR count). The van der Waals surface area contributed by atoms with Gasteiger partial charge in [0.2, 0.25) is 5.03 Å². The molecule has 2 aromatic rings. The number of anilines is 1. The van der Waals surface area contributed by atoms with Crippen LogP contribution in [0.4, 0.5) is 10.1 Å². The Morgan fingerprint density at radius 2 is 2.05 bits per heavy atom. The van der Waals surface area contributed by atoms with Gasteiger partial charge in [-0.15, -0.1) is 0 Å². The van der Waals surface area contributed by atoms with E-state index in [2.05, 4.69) is 14.7 Å². The summed E-state index contributed by atoms with van der Waals surface area (Å²) in [4.78, 5) is 7.23. The molecule has 0 spiro atoms. The van der Waals surface area contributed by atoms with Gasteiger partial charge in [0.05, 0.1) is 5.69 Å².